The lowest BCUT2D eigenvalue weighted by molar-refractivity contribution is -0.117. The third-order valence-corrected chi connectivity index (χ3v) is 3.84. The Hall–Kier alpha value is -1.49. The van der Waals surface area contributed by atoms with Gasteiger partial charge in [0.15, 0.2) is 0 Å². The molecule has 1 aliphatic heterocycles. The van der Waals surface area contributed by atoms with Crippen LogP contribution in [0.4, 0.5) is 14.5 Å². The number of halogens is 2. The summed E-state index contributed by atoms with van der Waals surface area (Å²) in [7, 11) is 0. The van der Waals surface area contributed by atoms with Gasteiger partial charge in [-0.3, -0.25) is 4.79 Å². The number of carbonyl (C=O) groups is 1. The zero-order valence-electron chi connectivity index (χ0n) is 11.6. The highest BCUT2D eigenvalue weighted by atomic mass is 19.1. The Morgan fingerprint density at radius 2 is 1.90 bits per heavy atom. The van der Waals surface area contributed by atoms with Gasteiger partial charge in [0.05, 0.1) is 0 Å². The fourth-order valence-corrected chi connectivity index (χ4v) is 2.71. The van der Waals surface area contributed by atoms with Gasteiger partial charge in [-0.15, -0.1) is 0 Å². The van der Waals surface area contributed by atoms with E-state index in [-0.39, 0.29) is 17.5 Å². The van der Waals surface area contributed by atoms with Gasteiger partial charge in [-0.2, -0.15) is 0 Å². The minimum absolute atomic E-state index is 0.171. The SMILES string of the molecule is CC(CC(=O)Nc1cc(F)cc(F)c1)C1CCNCC1. The first-order valence-electron chi connectivity index (χ1n) is 7.01. The number of hydrogen-bond donors (Lipinski definition) is 2. The Morgan fingerprint density at radius 3 is 2.50 bits per heavy atom. The third kappa shape index (κ3) is 4.27. The molecule has 0 spiro atoms. The van der Waals surface area contributed by atoms with Gasteiger partial charge in [0.25, 0.3) is 0 Å². The van der Waals surface area contributed by atoms with Crippen molar-refractivity contribution in [2.45, 2.75) is 26.2 Å². The lowest BCUT2D eigenvalue weighted by Gasteiger charge is -2.27. The third-order valence-electron chi connectivity index (χ3n) is 3.84. The van der Waals surface area contributed by atoms with Crippen molar-refractivity contribution >= 4 is 11.6 Å². The molecule has 110 valence electrons. The van der Waals surface area contributed by atoms with Crippen LogP contribution in [0.2, 0.25) is 0 Å². The highest BCUT2D eigenvalue weighted by molar-refractivity contribution is 5.90. The van der Waals surface area contributed by atoms with E-state index in [9.17, 15) is 13.6 Å². The summed E-state index contributed by atoms with van der Waals surface area (Å²) < 4.78 is 26.1. The number of hydrogen-bond acceptors (Lipinski definition) is 2. The molecule has 1 amide bonds. The van der Waals surface area contributed by atoms with Gasteiger partial charge < -0.3 is 10.6 Å². The summed E-state index contributed by atoms with van der Waals surface area (Å²) in [4.78, 5) is 11.9. The Bertz CT molecular complexity index is 453. The predicted octanol–water partition coefficient (Wildman–Crippen LogP) is 2.93. The molecule has 2 rings (SSSR count). The molecule has 0 radical (unpaired) electrons. The van der Waals surface area contributed by atoms with Crippen molar-refractivity contribution in [3.05, 3.63) is 29.8 Å². The fourth-order valence-electron chi connectivity index (χ4n) is 2.71. The van der Waals surface area contributed by atoms with Gasteiger partial charge in [-0.1, -0.05) is 6.92 Å². The molecule has 2 N–H and O–H groups in total. The number of rotatable bonds is 4. The van der Waals surface area contributed by atoms with E-state index in [4.69, 9.17) is 0 Å². The molecular formula is C15H20F2N2O. The molecule has 0 saturated carbocycles. The highest BCUT2D eigenvalue weighted by Crippen LogP contribution is 2.24. The highest BCUT2D eigenvalue weighted by Gasteiger charge is 2.22. The van der Waals surface area contributed by atoms with E-state index in [0.717, 1.165) is 44.1 Å². The monoisotopic (exact) mass is 282 g/mol. The molecule has 1 aromatic carbocycles. The summed E-state index contributed by atoms with van der Waals surface area (Å²) in [5.74, 6) is -0.763. The first-order valence-corrected chi connectivity index (χ1v) is 7.01. The zero-order chi connectivity index (χ0) is 14.5. The summed E-state index contributed by atoms with van der Waals surface area (Å²) in [6.45, 7) is 4.04. The average Bonchev–Trinajstić information content (AvgIpc) is 2.38. The topological polar surface area (TPSA) is 41.1 Å². The Kier molecular flexibility index (Phi) is 5.06. The molecular weight excluding hydrogens is 262 g/mol. The van der Waals surface area contributed by atoms with Crippen molar-refractivity contribution in [1.29, 1.82) is 0 Å². The minimum atomic E-state index is -0.688. The summed E-state index contributed by atoms with van der Waals surface area (Å²) >= 11 is 0. The fraction of sp³-hybridized carbons (Fsp3) is 0.533. The number of piperidine rings is 1. The minimum Gasteiger partial charge on any atom is -0.326 e. The van der Waals surface area contributed by atoms with Gasteiger partial charge in [0.1, 0.15) is 11.6 Å². The molecule has 3 nitrogen and oxygen atoms in total. The molecule has 5 heteroatoms. The maximum atomic E-state index is 13.0. The van der Waals surface area contributed by atoms with E-state index in [2.05, 4.69) is 17.6 Å². The summed E-state index contributed by atoms with van der Waals surface area (Å²) in [5, 5.41) is 5.85. The van der Waals surface area contributed by atoms with Crippen molar-refractivity contribution in [2.24, 2.45) is 11.8 Å². The molecule has 1 fully saturated rings. The number of anilines is 1. The van der Waals surface area contributed by atoms with Crippen LogP contribution in [0, 0.1) is 23.5 Å². The summed E-state index contributed by atoms with van der Waals surface area (Å²) in [5.41, 5.74) is 0.171. The maximum absolute atomic E-state index is 13.0. The van der Waals surface area contributed by atoms with Crippen molar-refractivity contribution in [3.8, 4) is 0 Å². The van der Waals surface area contributed by atoms with Crippen LogP contribution in [0.5, 0.6) is 0 Å². The van der Waals surface area contributed by atoms with Crippen LogP contribution in [0.15, 0.2) is 18.2 Å². The molecule has 1 unspecified atom stereocenters. The number of carbonyl (C=O) groups excluding carboxylic acids is 1. The van der Waals surface area contributed by atoms with Crippen LogP contribution in [0.25, 0.3) is 0 Å². The lowest BCUT2D eigenvalue weighted by Crippen LogP contribution is -2.32. The molecule has 0 aromatic heterocycles. The first-order chi connectivity index (χ1) is 9.54. The van der Waals surface area contributed by atoms with Crippen LogP contribution < -0.4 is 10.6 Å². The zero-order valence-corrected chi connectivity index (χ0v) is 11.6. The van der Waals surface area contributed by atoms with E-state index in [0.29, 0.717) is 12.3 Å². The molecule has 1 heterocycles. The molecule has 1 atom stereocenters. The van der Waals surface area contributed by atoms with Crippen LogP contribution >= 0.6 is 0 Å². The van der Waals surface area contributed by atoms with Crippen molar-refractivity contribution in [3.63, 3.8) is 0 Å². The predicted molar refractivity (Wildman–Crippen MR) is 74.4 cm³/mol. The number of nitrogens with one attached hydrogen (secondary N) is 2. The quantitative estimate of drug-likeness (QED) is 0.891. The largest absolute Gasteiger partial charge is 0.326 e. The summed E-state index contributed by atoms with van der Waals surface area (Å²) in [6, 6.07) is 3.03. The molecule has 1 saturated heterocycles. The normalized spacial score (nSPS) is 17.8. The van der Waals surface area contributed by atoms with Gasteiger partial charge >= 0.3 is 0 Å². The number of amides is 1. The molecule has 1 aromatic rings. The van der Waals surface area contributed by atoms with Crippen LogP contribution in [-0.4, -0.2) is 19.0 Å². The van der Waals surface area contributed by atoms with Gasteiger partial charge in [0, 0.05) is 18.2 Å². The van der Waals surface area contributed by atoms with Crippen molar-refractivity contribution < 1.29 is 13.6 Å². The average molecular weight is 282 g/mol. The van der Waals surface area contributed by atoms with Gasteiger partial charge in [0.2, 0.25) is 5.91 Å². The lowest BCUT2D eigenvalue weighted by atomic mass is 9.84. The molecule has 1 aliphatic rings. The van der Waals surface area contributed by atoms with Crippen molar-refractivity contribution in [2.75, 3.05) is 18.4 Å². The van der Waals surface area contributed by atoms with E-state index in [1.54, 1.807) is 0 Å². The Labute approximate surface area is 117 Å². The standard InChI is InChI=1S/C15H20F2N2O/c1-10(11-2-4-18-5-3-11)6-15(20)19-14-8-12(16)7-13(17)9-14/h7-11,18H,2-6H2,1H3,(H,19,20). The maximum Gasteiger partial charge on any atom is 0.224 e. The van der Waals surface area contributed by atoms with E-state index in [1.807, 2.05) is 0 Å². The Morgan fingerprint density at radius 1 is 1.30 bits per heavy atom. The Balaban J connectivity index is 1.88. The van der Waals surface area contributed by atoms with Crippen LogP contribution in [0.3, 0.4) is 0 Å². The van der Waals surface area contributed by atoms with Crippen LogP contribution in [-0.2, 0) is 4.79 Å². The van der Waals surface area contributed by atoms with Gasteiger partial charge in [-0.05, 0) is 49.9 Å². The second-order valence-corrected chi connectivity index (χ2v) is 5.48. The van der Waals surface area contributed by atoms with E-state index < -0.39 is 11.6 Å². The molecule has 0 bridgehead atoms. The second-order valence-electron chi connectivity index (χ2n) is 5.48. The van der Waals surface area contributed by atoms with Crippen LogP contribution in [0.1, 0.15) is 26.2 Å². The van der Waals surface area contributed by atoms with E-state index in [1.165, 1.54) is 0 Å². The van der Waals surface area contributed by atoms with Gasteiger partial charge in [-0.25, -0.2) is 8.78 Å². The molecule has 0 aliphatic carbocycles. The second kappa shape index (κ2) is 6.79. The van der Waals surface area contributed by atoms with E-state index >= 15 is 0 Å². The summed E-state index contributed by atoms with van der Waals surface area (Å²) in [6.07, 6.45) is 2.52. The molecule has 20 heavy (non-hydrogen) atoms. The first kappa shape index (κ1) is 14.9. The smallest absolute Gasteiger partial charge is 0.224 e. The van der Waals surface area contributed by atoms with Crippen molar-refractivity contribution in [1.82, 2.24) is 5.32 Å². The number of benzene rings is 1.